The summed E-state index contributed by atoms with van der Waals surface area (Å²) < 4.78 is 0. The highest BCUT2D eigenvalue weighted by Crippen LogP contribution is 2.12. The summed E-state index contributed by atoms with van der Waals surface area (Å²) in [6.07, 6.45) is 1.40. The van der Waals surface area contributed by atoms with Crippen LogP contribution in [0.15, 0.2) is 36.7 Å². The smallest absolute Gasteiger partial charge is 0.270 e. The van der Waals surface area contributed by atoms with Gasteiger partial charge in [0.15, 0.2) is 0 Å². The SMILES string of the molecule is Cc1cccc(CNC(=O)c2cc(NC(C)(C)C)ncn2)c1. The largest absolute Gasteiger partial charge is 0.365 e. The lowest BCUT2D eigenvalue weighted by Crippen LogP contribution is -2.28. The van der Waals surface area contributed by atoms with Gasteiger partial charge in [-0.2, -0.15) is 0 Å². The molecule has 1 aromatic heterocycles. The zero-order valence-electron chi connectivity index (χ0n) is 13.5. The Morgan fingerprint density at radius 3 is 2.64 bits per heavy atom. The minimum atomic E-state index is -0.208. The molecule has 1 amide bonds. The molecule has 0 atom stereocenters. The van der Waals surface area contributed by atoms with Gasteiger partial charge in [0.05, 0.1) is 0 Å². The Hall–Kier alpha value is -2.43. The highest BCUT2D eigenvalue weighted by molar-refractivity contribution is 5.92. The molecule has 5 nitrogen and oxygen atoms in total. The summed E-state index contributed by atoms with van der Waals surface area (Å²) in [5, 5.41) is 6.10. The first-order chi connectivity index (χ1) is 10.3. The summed E-state index contributed by atoms with van der Waals surface area (Å²) in [6, 6.07) is 9.70. The summed E-state index contributed by atoms with van der Waals surface area (Å²) >= 11 is 0. The Morgan fingerprint density at radius 1 is 1.18 bits per heavy atom. The molecule has 0 fully saturated rings. The highest BCUT2D eigenvalue weighted by Gasteiger charge is 2.13. The van der Waals surface area contributed by atoms with Gasteiger partial charge in [0.2, 0.25) is 0 Å². The lowest BCUT2D eigenvalue weighted by Gasteiger charge is -2.21. The van der Waals surface area contributed by atoms with Gasteiger partial charge in [-0.15, -0.1) is 0 Å². The standard InChI is InChI=1S/C17H22N4O/c1-12-6-5-7-13(8-12)10-18-16(22)14-9-15(20-11-19-14)21-17(2,3)4/h5-9,11H,10H2,1-4H3,(H,18,22)(H,19,20,21). The van der Waals surface area contributed by atoms with E-state index in [-0.39, 0.29) is 11.4 Å². The molecule has 0 aliphatic rings. The first-order valence-corrected chi connectivity index (χ1v) is 7.27. The summed E-state index contributed by atoms with van der Waals surface area (Å²) in [5.41, 5.74) is 2.47. The molecule has 1 heterocycles. The second kappa shape index (κ2) is 6.56. The normalized spacial score (nSPS) is 11.1. The maximum atomic E-state index is 12.2. The van der Waals surface area contributed by atoms with Crippen molar-refractivity contribution in [1.29, 1.82) is 0 Å². The second-order valence-electron chi connectivity index (χ2n) is 6.34. The molecule has 2 rings (SSSR count). The van der Waals surface area contributed by atoms with Gasteiger partial charge in [0.25, 0.3) is 5.91 Å². The van der Waals surface area contributed by atoms with E-state index in [4.69, 9.17) is 0 Å². The molecular formula is C17H22N4O. The van der Waals surface area contributed by atoms with Gasteiger partial charge in [0.1, 0.15) is 17.8 Å². The number of benzene rings is 1. The summed E-state index contributed by atoms with van der Waals surface area (Å²) in [6.45, 7) is 8.61. The van der Waals surface area contributed by atoms with E-state index in [1.165, 1.54) is 11.9 Å². The second-order valence-corrected chi connectivity index (χ2v) is 6.34. The van der Waals surface area contributed by atoms with Crippen LogP contribution in [-0.4, -0.2) is 21.4 Å². The number of aromatic nitrogens is 2. The number of nitrogens with one attached hydrogen (secondary N) is 2. The molecule has 0 saturated heterocycles. The number of hydrogen-bond donors (Lipinski definition) is 2. The predicted molar refractivity (Wildman–Crippen MR) is 87.8 cm³/mol. The molecule has 22 heavy (non-hydrogen) atoms. The van der Waals surface area contributed by atoms with Crippen molar-refractivity contribution in [2.75, 3.05) is 5.32 Å². The van der Waals surface area contributed by atoms with Crippen molar-refractivity contribution >= 4 is 11.7 Å². The van der Waals surface area contributed by atoms with Crippen LogP contribution in [0.4, 0.5) is 5.82 Å². The van der Waals surface area contributed by atoms with Gasteiger partial charge in [-0.05, 0) is 33.3 Å². The molecule has 2 N–H and O–H groups in total. The van der Waals surface area contributed by atoms with Gasteiger partial charge in [-0.25, -0.2) is 9.97 Å². The van der Waals surface area contributed by atoms with Crippen molar-refractivity contribution in [2.45, 2.75) is 39.8 Å². The molecule has 0 spiro atoms. The van der Waals surface area contributed by atoms with E-state index in [9.17, 15) is 4.79 Å². The van der Waals surface area contributed by atoms with Crippen molar-refractivity contribution in [2.24, 2.45) is 0 Å². The van der Waals surface area contributed by atoms with Crippen LogP contribution in [0.2, 0.25) is 0 Å². The molecule has 0 aliphatic carbocycles. The Morgan fingerprint density at radius 2 is 1.95 bits per heavy atom. The van der Waals surface area contributed by atoms with E-state index >= 15 is 0 Å². The zero-order valence-corrected chi connectivity index (χ0v) is 13.5. The van der Waals surface area contributed by atoms with Crippen LogP contribution < -0.4 is 10.6 Å². The van der Waals surface area contributed by atoms with E-state index in [0.29, 0.717) is 18.1 Å². The maximum Gasteiger partial charge on any atom is 0.270 e. The number of carbonyl (C=O) groups is 1. The average molecular weight is 298 g/mol. The van der Waals surface area contributed by atoms with Gasteiger partial charge in [0, 0.05) is 18.2 Å². The summed E-state index contributed by atoms with van der Waals surface area (Å²) in [5.74, 6) is 0.434. The fraction of sp³-hybridized carbons (Fsp3) is 0.353. The third-order valence-corrected chi connectivity index (χ3v) is 2.94. The number of carbonyl (C=O) groups excluding carboxylic acids is 1. The molecular weight excluding hydrogens is 276 g/mol. The number of anilines is 1. The Labute approximate surface area is 131 Å². The van der Waals surface area contributed by atoms with E-state index in [2.05, 4.69) is 20.6 Å². The number of nitrogens with zero attached hydrogens (tertiary/aromatic N) is 2. The average Bonchev–Trinajstić information content (AvgIpc) is 2.43. The molecule has 2 aromatic rings. The molecule has 0 bridgehead atoms. The lowest BCUT2D eigenvalue weighted by molar-refractivity contribution is 0.0945. The molecule has 116 valence electrons. The van der Waals surface area contributed by atoms with Crippen molar-refractivity contribution in [3.8, 4) is 0 Å². The van der Waals surface area contributed by atoms with Crippen molar-refractivity contribution < 1.29 is 4.79 Å². The van der Waals surface area contributed by atoms with Crippen LogP contribution in [0.5, 0.6) is 0 Å². The third kappa shape index (κ3) is 4.84. The Balaban J connectivity index is 2.02. The van der Waals surface area contributed by atoms with Crippen LogP contribution in [0, 0.1) is 6.92 Å². The topological polar surface area (TPSA) is 66.9 Å². The zero-order chi connectivity index (χ0) is 16.2. The van der Waals surface area contributed by atoms with E-state index in [1.807, 2.05) is 52.0 Å². The van der Waals surface area contributed by atoms with Crippen molar-refractivity contribution in [3.63, 3.8) is 0 Å². The van der Waals surface area contributed by atoms with Crippen LogP contribution in [-0.2, 0) is 6.54 Å². The molecule has 1 aromatic carbocycles. The highest BCUT2D eigenvalue weighted by atomic mass is 16.1. The van der Waals surface area contributed by atoms with E-state index in [1.54, 1.807) is 6.07 Å². The Bertz CT molecular complexity index is 662. The van der Waals surface area contributed by atoms with Gasteiger partial charge in [-0.3, -0.25) is 4.79 Å². The number of rotatable bonds is 4. The molecule has 0 aliphatic heterocycles. The van der Waals surface area contributed by atoms with Crippen molar-refractivity contribution in [3.05, 3.63) is 53.5 Å². The minimum absolute atomic E-state index is 0.121. The van der Waals surface area contributed by atoms with Gasteiger partial charge >= 0.3 is 0 Å². The quantitative estimate of drug-likeness (QED) is 0.910. The summed E-state index contributed by atoms with van der Waals surface area (Å²) in [4.78, 5) is 20.4. The minimum Gasteiger partial charge on any atom is -0.365 e. The Kier molecular flexibility index (Phi) is 4.75. The van der Waals surface area contributed by atoms with Crippen LogP contribution in [0.3, 0.4) is 0 Å². The van der Waals surface area contributed by atoms with Gasteiger partial charge < -0.3 is 10.6 Å². The first-order valence-electron chi connectivity index (χ1n) is 7.27. The van der Waals surface area contributed by atoms with Crippen LogP contribution in [0.1, 0.15) is 42.4 Å². The number of aryl methyl sites for hydroxylation is 1. The van der Waals surface area contributed by atoms with E-state index in [0.717, 1.165) is 5.56 Å². The first kappa shape index (κ1) is 15.9. The van der Waals surface area contributed by atoms with Gasteiger partial charge in [-0.1, -0.05) is 29.8 Å². The monoisotopic (exact) mass is 298 g/mol. The molecule has 5 heteroatoms. The van der Waals surface area contributed by atoms with Crippen LogP contribution >= 0.6 is 0 Å². The summed E-state index contributed by atoms with van der Waals surface area (Å²) in [7, 11) is 0. The molecule has 0 saturated carbocycles. The maximum absolute atomic E-state index is 12.2. The number of amides is 1. The van der Waals surface area contributed by atoms with E-state index < -0.39 is 0 Å². The fourth-order valence-electron chi connectivity index (χ4n) is 2.03. The third-order valence-electron chi connectivity index (χ3n) is 2.94. The number of hydrogen-bond acceptors (Lipinski definition) is 4. The fourth-order valence-corrected chi connectivity index (χ4v) is 2.03. The van der Waals surface area contributed by atoms with Crippen LogP contribution in [0.25, 0.3) is 0 Å². The predicted octanol–water partition coefficient (Wildman–Crippen LogP) is 2.93. The van der Waals surface area contributed by atoms with Crippen molar-refractivity contribution in [1.82, 2.24) is 15.3 Å². The molecule has 0 unspecified atom stereocenters. The molecule has 0 radical (unpaired) electrons. The lowest BCUT2D eigenvalue weighted by atomic mass is 10.1.